The first-order chi connectivity index (χ1) is 19.6. The number of aromatic amines is 2. The van der Waals surface area contributed by atoms with Gasteiger partial charge in [0.1, 0.15) is 0 Å². The zero-order valence-electron chi connectivity index (χ0n) is 21.2. The van der Waals surface area contributed by atoms with Gasteiger partial charge in [-0.25, -0.2) is 4.98 Å². The Morgan fingerprint density at radius 2 is 1.90 bits per heavy atom. The molecule has 2 fully saturated rings. The summed E-state index contributed by atoms with van der Waals surface area (Å²) in [7, 11) is 0. The number of pyridine rings is 1. The number of fused-ring (bicyclic) bond motifs is 2. The average molecular weight is 586 g/mol. The Bertz CT molecular complexity index is 1620. The third-order valence-electron chi connectivity index (χ3n) is 7.18. The fraction of sp³-hybridized carbons (Fsp3) is 0.269. The predicted molar refractivity (Wildman–Crippen MR) is 143 cm³/mol. The summed E-state index contributed by atoms with van der Waals surface area (Å²) in [5.41, 5.74) is 5.55. The van der Waals surface area contributed by atoms with Crippen molar-refractivity contribution in [3.8, 4) is 22.6 Å². The molecule has 41 heavy (non-hydrogen) atoms. The van der Waals surface area contributed by atoms with E-state index in [0.29, 0.717) is 16.8 Å². The van der Waals surface area contributed by atoms with Gasteiger partial charge in [0.2, 0.25) is 0 Å². The number of carbonyl (C=O) groups is 2. The minimum atomic E-state index is -4.79. The number of aromatic nitrogens is 5. The molecule has 2 amide bonds. The van der Waals surface area contributed by atoms with E-state index >= 15 is 0 Å². The van der Waals surface area contributed by atoms with Crippen LogP contribution in [0.2, 0.25) is 5.02 Å². The molecule has 1 aromatic carbocycles. The highest BCUT2D eigenvalue weighted by molar-refractivity contribution is 6.34. The molecule has 11 nitrogen and oxygen atoms in total. The van der Waals surface area contributed by atoms with Gasteiger partial charge in [0.15, 0.2) is 11.5 Å². The van der Waals surface area contributed by atoms with Gasteiger partial charge in [-0.15, -0.1) is 0 Å². The van der Waals surface area contributed by atoms with Crippen molar-refractivity contribution < 1.29 is 22.8 Å². The minimum Gasteiger partial charge on any atom is -0.397 e. The lowest BCUT2D eigenvalue weighted by molar-refractivity contribution is -0.140. The highest BCUT2D eigenvalue weighted by atomic mass is 35.5. The van der Waals surface area contributed by atoms with Crippen LogP contribution >= 0.6 is 11.6 Å². The van der Waals surface area contributed by atoms with E-state index in [1.54, 1.807) is 18.2 Å². The van der Waals surface area contributed by atoms with Crippen molar-refractivity contribution in [2.45, 2.75) is 31.2 Å². The van der Waals surface area contributed by atoms with E-state index in [0.717, 1.165) is 25.7 Å². The molecule has 15 heteroatoms. The number of nitrogens with two attached hydrogens (primary N) is 1. The molecule has 2 atom stereocenters. The van der Waals surface area contributed by atoms with Gasteiger partial charge in [-0.2, -0.15) is 18.3 Å². The zero-order chi connectivity index (χ0) is 28.9. The number of nitrogens with one attached hydrogen (secondary N) is 4. The van der Waals surface area contributed by atoms with Crippen LogP contribution in [-0.2, 0) is 12.7 Å². The van der Waals surface area contributed by atoms with E-state index in [4.69, 9.17) is 17.3 Å². The molecule has 2 bridgehead atoms. The quantitative estimate of drug-likeness (QED) is 0.232. The second-order valence-electron chi connectivity index (χ2n) is 9.85. The Kier molecular flexibility index (Phi) is 6.66. The van der Waals surface area contributed by atoms with Crippen LogP contribution in [0.15, 0.2) is 42.7 Å². The van der Waals surface area contributed by atoms with Crippen molar-refractivity contribution in [2.75, 3.05) is 18.8 Å². The molecule has 4 aromatic rings. The van der Waals surface area contributed by atoms with Gasteiger partial charge in [-0.1, -0.05) is 17.7 Å². The highest BCUT2D eigenvalue weighted by Gasteiger charge is 2.45. The van der Waals surface area contributed by atoms with E-state index < -0.39 is 17.8 Å². The largest absolute Gasteiger partial charge is 0.435 e. The topological polar surface area (TPSA) is 158 Å². The van der Waals surface area contributed by atoms with Crippen molar-refractivity contribution in [1.29, 1.82) is 0 Å². The number of amides is 2. The lowest BCUT2D eigenvalue weighted by atomic mass is 9.88. The summed E-state index contributed by atoms with van der Waals surface area (Å²) < 4.78 is 41.3. The number of hydrogen-bond donors (Lipinski definition) is 5. The van der Waals surface area contributed by atoms with Crippen molar-refractivity contribution in [3.63, 3.8) is 0 Å². The van der Waals surface area contributed by atoms with Gasteiger partial charge < -0.3 is 26.3 Å². The van der Waals surface area contributed by atoms with Crippen LogP contribution in [0, 0.1) is 0 Å². The fourth-order valence-corrected chi connectivity index (χ4v) is 5.46. The first-order valence-corrected chi connectivity index (χ1v) is 13.0. The summed E-state index contributed by atoms with van der Waals surface area (Å²) >= 11 is 6.42. The summed E-state index contributed by atoms with van der Waals surface area (Å²) in [5.74, 6) is -0.985. The number of carbonyl (C=O) groups excluding carboxylic acids is 2. The number of hydrogen-bond acceptors (Lipinski definition) is 7. The number of anilines is 1. The fourth-order valence-electron chi connectivity index (χ4n) is 5.17. The van der Waals surface area contributed by atoms with E-state index in [9.17, 15) is 22.8 Å². The Hall–Kier alpha value is -4.43. The first kappa shape index (κ1) is 26.8. The lowest BCUT2D eigenvalue weighted by Crippen LogP contribution is -2.69. The van der Waals surface area contributed by atoms with Crippen LogP contribution in [0.3, 0.4) is 0 Å². The zero-order valence-corrected chi connectivity index (χ0v) is 22.0. The Morgan fingerprint density at radius 1 is 1.12 bits per heavy atom. The maximum Gasteiger partial charge on any atom is 0.435 e. The van der Waals surface area contributed by atoms with Crippen molar-refractivity contribution in [3.05, 3.63) is 70.4 Å². The molecule has 6 N–H and O–H groups in total. The number of H-pyrrole nitrogens is 2. The second kappa shape index (κ2) is 10.2. The number of piperazine rings is 1. The number of rotatable bonds is 6. The molecule has 0 aliphatic carbocycles. The van der Waals surface area contributed by atoms with Crippen LogP contribution in [0.25, 0.3) is 22.6 Å². The molecule has 0 spiro atoms. The second-order valence-corrected chi connectivity index (χ2v) is 10.3. The minimum absolute atomic E-state index is 0.0182. The van der Waals surface area contributed by atoms with Crippen LogP contribution in [0.4, 0.5) is 18.9 Å². The summed E-state index contributed by atoms with van der Waals surface area (Å²) in [5, 5.41) is 12.0. The summed E-state index contributed by atoms with van der Waals surface area (Å²) in [6.45, 7) is 1.56. The number of imidazole rings is 1. The molecule has 2 aliphatic heterocycles. The number of benzene rings is 1. The standard InChI is InChI=1S/C26H23ClF3N9O2/c27-17-5-12(1-3-16(17)25(41)39-14-6-15(39)10-32-9-14)7-35-24(40)23-34-11-19(36-23)20-21(18-4-2-13(31)8-33-18)37-38-22(20)26(28,29)30/h1-5,8,11,14-15,32H,6-7,9-10,31H2,(H,34,36)(H,35,40)(H,37,38). The van der Waals surface area contributed by atoms with Gasteiger partial charge in [0, 0.05) is 31.7 Å². The third-order valence-corrected chi connectivity index (χ3v) is 7.49. The average Bonchev–Trinajstić information content (AvgIpc) is 3.60. The monoisotopic (exact) mass is 585 g/mol. The summed E-state index contributed by atoms with van der Waals surface area (Å²) in [6.07, 6.45) is -1.38. The molecule has 2 unspecified atom stereocenters. The van der Waals surface area contributed by atoms with Gasteiger partial charge in [0.25, 0.3) is 11.8 Å². The first-order valence-electron chi connectivity index (χ1n) is 12.6. The Balaban J connectivity index is 1.17. The molecular weight excluding hydrogens is 563 g/mol. The number of alkyl halides is 3. The van der Waals surface area contributed by atoms with Crippen molar-refractivity contribution >= 4 is 29.1 Å². The Morgan fingerprint density at radius 3 is 2.56 bits per heavy atom. The molecule has 6 rings (SSSR count). The molecule has 2 saturated heterocycles. The third kappa shape index (κ3) is 5.00. The molecule has 0 radical (unpaired) electrons. The number of halogens is 4. The molecule has 2 aliphatic rings. The van der Waals surface area contributed by atoms with E-state index in [2.05, 4.69) is 35.8 Å². The van der Waals surface area contributed by atoms with Crippen LogP contribution in [0.5, 0.6) is 0 Å². The van der Waals surface area contributed by atoms with E-state index in [-0.39, 0.29) is 58.0 Å². The van der Waals surface area contributed by atoms with Gasteiger partial charge in [0.05, 0.1) is 51.3 Å². The molecule has 3 aromatic heterocycles. The molecule has 0 saturated carbocycles. The van der Waals surface area contributed by atoms with Gasteiger partial charge in [-0.3, -0.25) is 19.7 Å². The predicted octanol–water partition coefficient (Wildman–Crippen LogP) is 3.23. The molecular formula is C26H23ClF3N9O2. The highest BCUT2D eigenvalue weighted by Crippen LogP contribution is 2.40. The van der Waals surface area contributed by atoms with Crippen molar-refractivity contribution in [1.82, 2.24) is 40.7 Å². The van der Waals surface area contributed by atoms with E-state index in [1.807, 2.05) is 4.90 Å². The van der Waals surface area contributed by atoms with Crippen LogP contribution in [-0.4, -0.2) is 67.0 Å². The maximum atomic E-state index is 13.8. The van der Waals surface area contributed by atoms with Gasteiger partial charge in [-0.05, 0) is 36.2 Å². The smallest absolute Gasteiger partial charge is 0.397 e. The molecule has 5 heterocycles. The Labute approximate surface area is 235 Å². The normalized spacial score (nSPS) is 18.2. The van der Waals surface area contributed by atoms with Gasteiger partial charge >= 0.3 is 6.18 Å². The molecule has 212 valence electrons. The number of piperidine rings is 1. The lowest BCUT2D eigenvalue weighted by Gasteiger charge is -2.53. The summed E-state index contributed by atoms with van der Waals surface area (Å²) in [4.78, 5) is 38.3. The summed E-state index contributed by atoms with van der Waals surface area (Å²) in [6, 6.07) is 8.20. The van der Waals surface area contributed by atoms with Crippen LogP contribution in [0.1, 0.15) is 38.7 Å². The van der Waals surface area contributed by atoms with Crippen LogP contribution < -0.4 is 16.4 Å². The van der Waals surface area contributed by atoms with E-state index in [1.165, 1.54) is 18.3 Å². The SMILES string of the molecule is Nc1ccc(-c2[nH]nc(C(F)(F)F)c2-c2cnc(C(=O)NCc3ccc(C(=O)N4C5CNCC4C5)c(Cl)c3)[nH]2)nc1. The maximum absolute atomic E-state index is 13.8. The van der Waals surface area contributed by atoms with Crippen molar-refractivity contribution in [2.24, 2.45) is 0 Å². The number of nitrogen functional groups attached to an aromatic ring is 1. The number of nitrogens with zero attached hydrogens (tertiary/aromatic N) is 4.